The number of ether oxygens (including phenoxy) is 1. The Kier molecular flexibility index (Phi) is 4.20. The number of aryl methyl sites for hydroxylation is 2. The van der Waals surface area contributed by atoms with E-state index in [0.717, 1.165) is 28.3 Å². The first kappa shape index (κ1) is 14.3. The SMILES string of the molecule is COc1ccc(Nc2nc(C)ccc2C(N)=S)cc1C. The number of aromatic nitrogens is 1. The minimum atomic E-state index is 0.324. The molecule has 20 heavy (non-hydrogen) atoms. The van der Waals surface area contributed by atoms with E-state index >= 15 is 0 Å². The van der Waals surface area contributed by atoms with Crippen LogP contribution in [-0.2, 0) is 0 Å². The van der Waals surface area contributed by atoms with Crippen molar-refractivity contribution in [3.05, 3.63) is 47.2 Å². The molecule has 0 aliphatic rings. The largest absolute Gasteiger partial charge is 0.496 e. The lowest BCUT2D eigenvalue weighted by Gasteiger charge is -2.12. The molecule has 2 aromatic rings. The Hall–Kier alpha value is -2.14. The van der Waals surface area contributed by atoms with E-state index in [2.05, 4.69) is 10.3 Å². The second kappa shape index (κ2) is 5.88. The molecule has 2 rings (SSSR count). The van der Waals surface area contributed by atoms with E-state index in [4.69, 9.17) is 22.7 Å². The number of benzene rings is 1. The van der Waals surface area contributed by atoms with Crippen molar-refractivity contribution in [1.82, 2.24) is 4.98 Å². The van der Waals surface area contributed by atoms with Gasteiger partial charge in [0.05, 0.1) is 12.7 Å². The topological polar surface area (TPSA) is 60.2 Å². The fourth-order valence-electron chi connectivity index (χ4n) is 1.94. The van der Waals surface area contributed by atoms with Crippen LogP contribution >= 0.6 is 12.2 Å². The average molecular weight is 287 g/mol. The third-order valence-corrected chi connectivity index (χ3v) is 3.18. The summed E-state index contributed by atoms with van der Waals surface area (Å²) >= 11 is 5.05. The normalized spacial score (nSPS) is 10.2. The van der Waals surface area contributed by atoms with E-state index in [9.17, 15) is 0 Å². The summed E-state index contributed by atoms with van der Waals surface area (Å²) in [5.74, 6) is 1.52. The molecule has 0 saturated heterocycles. The molecule has 0 saturated carbocycles. The van der Waals surface area contributed by atoms with Crippen molar-refractivity contribution in [1.29, 1.82) is 0 Å². The van der Waals surface area contributed by atoms with Crippen LogP contribution in [-0.4, -0.2) is 17.1 Å². The fourth-order valence-corrected chi connectivity index (χ4v) is 2.11. The van der Waals surface area contributed by atoms with Gasteiger partial charge in [0.25, 0.3) is 0 Å². The molecule has 0 aliphatic heterocycles. The Bertz CT molecular complexity index is 656. The Morgan fingerprint density at radius 1 is 1.25 bits per heavy atom. The predicted octanol–water partition coefficient (Wildman–Crippen LogP) is 3.08. The van der Waals surface area contributed by atoms with Crippen LogP contribution in [0.4, 0.5) is 11.5 Å². The number of nitrogens with zero attached hydrogens (tertiary/aromatic N) is 1. The lowest BCUT2D eigenvalue weighted by molar-refractivity contribution is 0.412. The van der Waals surface area contributed by atoms with Crippen LogP contribution in [0.3, 0.4) is 0 Å². The van der Waals surface area contributed by atoms with Crippen molar-refractivity contribution in [3.8, 4) is 5.75 Å². The maximum absolute atomic E-state index is 5.73. The average Bonchev–Trinajstić information content (AvgIpc) is 2.38. The maximum atomic E-state index is 5.73. The minimum Gasteiger partial charge on any atom is -0.496 e. The van der Waals surface area contributed by atoms with Crippen LogP contribution < -0.4 is 15.8 Å². The first-order valence-corrected chi connectivity index (χ1v) is 6.61. The third-order valence-electron chi connectivity index (χ3n) is 2.96. The van der Waals surface area contributed by atoms with E-state index in [1.54, 1.807) is 7.11 Å². The number of nitrogens with one attached hydrogen (secondary N) is 1. The molecular formula is C15H17N3OS. The van der Waals surface area contributed by atoms with E-state index in [0.29, 0.717) is 10.8 Å². The molecule has 0 unspecified atom stereocenters. The summed E-state index contributed by atoms with van der Waals surface area (Å²) < 4.78 is 5.25. The molecular weight excluding hydrogens is 270 g/mol. The van der Waals surface area contributed by atoms with Crippen molar-refractivity contribution in [2.45, 2.75) is 13.8 Å². The molecule has 1 aromatic carbocycles. The lowest BCUT2D eigenvalue weighted by Crippen LogP contribution is -2.13. The first-order chi connectivity index (χ1) is 9.51. The Labute approximate surface area is 124 Å². The highest BCUT2D eigenvalue weighted by molar-refractivity contribution is 7.80. The number of nitrogens with two attached hydrogens (primary N) is 1. The summed E-state index contributed by atoms with van der Waals surface area (Å²) in [6.07, 6.45) is 0. The summed E-state index contributed by atoms with van der Waals surface area (Å²) in [4.78, 5) is 4.78. The monoisotopic (exact) mass is 287 g/mol. The number of pyridine rings is 1. The van der Waals surface area contributed by atoms with Gasteiger partial charge < -0.3 is 15.8 Å². The number of anilines is 2. The molecule has 0 bridgehead atoms. The van der Waals surface area contributed by atoms with Crippen LogP contribution in [0.15, 0.2) is 30.3 Å². The molecule has 0 spiro atoms. The van der Waals surface area contributed by atoms with Crippen molar-refractivity contribution >= 4 is 28.7 Å². The van der Waals surface area contributed by atoms with Gasteiger partial charge in [0.2, 0.25) is 0 Å². The molecule has 5 heteroatoms. The van der Waals surface area contributed by atoms with Crippen LogP contribution in [0.25, 0.3) is 0 Å². The van der Waals surface area contributed by atoms with Crippen molar-refractivity contribution in [3.63, 3.8) is 0 Å². The van der Waals surface area contributed by atoms with Gasteiger partial charge in [-0.2, -0.15) is 0 Å². The molecule has 104 valence electrons. The highest BCUT2D eigenvalue weighted by atomic mass is 32.1. The lowest BCUT2D eigenvalue weighted by atomic mass is 10.2. The Morgan fingerprint density at radius 3 is 2.60 bits per heavy atom. The molecule has 0 atom stereocenters. The predicted molar refractivity (Wildman–Crippen MR) is 85.9 cm³/mol. The zero-order valence-electron chi connectivity index (χ0n) is 11.7. The van der Waals surface area contributed by atoms with Crippen LogP contribution in [0.5, 0.6) is 5.75 Å². The standard InChI is InChI=1S/C15H17N3OS/c1-9-8-11(5-7-13(9)19-3)18-15-12(14(16)20)6-4-10(2)17-15/h4-8H,1-3H3,(H2,16,20)(H,17,18). The molecule has 3 N–H and O–H groups in total. The van der Waals surface area contributed by atoms with Gasteiger partial charge in [-0.1, -0.05) is 12.2 Å². The van der Waals surface area contributed by atoms with E-state index in [-0.39, 0.29) is 0 Å². The van der Waals surface area contributed by atoms with Crippen molar-refractivity contribution < 1.29 is 4.74 Å². The second-order valence-electron chi connectivity index (χ2n) is 4.52. The molecule has 0 amide bonds. The van der Waals surface area contributed by atoms with Gasteiger partial charge in [0, 0.05) is 11.4 Å². The quantitative estimate of drug-likeness (QED) is 0.846. The molecule has 1 aromatic heterocycles. The Balaban J connectivity index is 2.36. The van der Waals surface area contributed by atoms with Crippen LogP contribution in [0, 0.1) is 13.8 Å². The van der Waals surface area contributed by atoms with Crippen molar-refractivity contribution in [2.75, 3.05) is 12.4 Å². The molecule has 0 fully saturated rings. The molecule has 0 radical (unpaired) electrons. The van der Waals surface area contributed by atoms with Gasteiger partial charge in [-0.15, -0.1) is 0 Å². The van der Waals surface area contributed by atoms with Gasteiger partial charge >= 0.3 is 0 Å². The van der Waals surface area contributed by atoms with E-state index in [1.165, 1.54) is 0 Å². The number of hydrogen-bond donors (Lipinski definition) is 2. The number of hydrogen-bond acceptors (Lipinski definition) is 4. The van der Waals surface area contributed by atoms with E-state index in [1.807, 2.05) is 44.2 Å². The summed E-state index contributed by atoms with van der Waals surface area (Å²) in [7, 11) is 1.66. The molecule has 4 nitrogen and oxygen atoms in total. The fraction of sp³-hybridized carbons (Fsp3) is 0.200. The first-order valence-electron chi connectivity index (χ1n) is 6.20. The van der Waals surface area contributed by atoms with Gasteiger partial charge in [0.1, 0.15) is 16.6 Å². The highest BCUT2D eigenvalue weighted by Gasteiger charge is 2.08. The van der Waals surface area contributed by atoms with Gasteiger partial charge in [-0.25, -0.2) is 4.98 Å². The summed E-state index contributed by atoms with van der Waals surface area (Å²) in [5, 5.41) is 3.25. The van der Waals surface area contributed by atoms with Crippen LogP contribution in [0.1, 0.15) is 16.8 Å². The summed E-state index contributed by atoms with van der Waals surface area (Å²) in [6.45, 7) is 3.91. The van der Waals surface area contributed by atoms with Gasteiger partial charge in [-0.3, -0.25) is 0 Å². The second-order valence-corrected chi connectivity index (χ2v) is 4.96. The zero-order valence-corrected chi connectivity index (χ0v) is 12.5. The van der Waals surface area contributed by atoms with E-state index < -0.39 is 0 Å². The molecule has 1 heterocycles. The summed E-state index contributed by atoms with van der Waals surface area (Å²) in [6, 6.07) is 9.60. The smallest absolute Gasteiger partial charge is 0.140 e. The van der Waals surface area contributed by atoms with Gasteiger partial charge in [-0.05, 0) is 49.7 Å². The third kappa shape index (κ3) is 3.05. The minimum absolute atomic E-state index is 0.324. The Morgan fingerprint density at radius 2 is 2.00 bits per heavy atom. The number of methoxy groups -OCH3 is 1. The summed E-state index contributed by atoms with van der Waals surface area (Å²) in [5.41, 5.74) is 9.32. The molecule has 0 aliphatic carbocycles. The van der Waals surface area contributed by atoms with Crippen LogP contribution in [0.2, 0.25) is 0 Å². The number of thiocarbonyl (C=S) groups is 1. The maximum Gasteiger partial charge on any atom is 0.140 e. The number of rotatable bonds is 4. The highest BCUT2D eigenvalue weighted by Crippen LogP contribution is 2.25. The van der Waals surface area contributed by atoms with Crippen molar-refractivity contribution in [2.24, 2.45) is 5.73 Å². The zero-order chi connectivity index (χ0) is 14.7. The van der Waals surface area contributed by atoms with Gasteiger partial charge in [0.15, 0.2) is 0 Å².